The Bertz CT molecular complexity index is 617. The van der Waals surface area contributed by atoms with Crippen LogP contribution in [-0.4, -0.2) is 24.1 Å². The normalized spacial score (nSPS) is 15.6. The summed E-state index contributed by atoms with van der Waals surface area (Å²) in [6, 6.07) is 4.91. The molecule has 0 bridgehead atoms. The summed E-state index contributed by atoms with van der Waals surface area (Å²) in [6.45, 7) is 2.96. The summed E-state index contributed by atoms with van der Waals surface area (Å²) in [4.78, 5) is 18.1. The summed E-state index contributed by atoms with van der Waals surface area (Å²) in [6.07, 6.45) is 0.851. The molecule has 0 atom stereocenters. The fraction of sp³-hybridized carbons (Fsp3) is 0.308. The third kappa shape index (κ3) is 1.71. The zero-order valence-electron chi connectivity index (χ0n) is 9.90. The Kier molecular flexibility index (Phi) is 2.80. The van der Waals surface area contributed by atoms with Crippen LogP contribution in [0.1, 0.15) is 21.7 Å². The number of fused-ring (bicyclic) bond motifs is 1. The molecule has 5 heteroatoms. The standard InChI is InChI=1S/C13H12FNO2S/c1-8-11-9(14)4-2-5-10(11)18-12(8)13(16)15-6-3-7-17-15/h2,4-5H,3,6-7H2,1H3. The van der Waals surface area contributed by atoms with Crippen LogP contribution >= 0.6 is 11.3 Å². The number of hydrogen-bond acceptors (Lipinski definition) is 3. The van der Waals surface area contributed by atoms with Crippen molar-refractivity contribution in [3.63, 3.8) is 0 Å². The Balaban J connectivity index is 2.09. The van der Waals surface area contributed by atoms with Gasteiger partial charge in [-0.1, -0.05) is 6.07 Å². The van der Waals surface area contributed by atoms with Gasteiger partial charge in [0.25, 0.3) is 5.91 Å². The van der Waals surface area contributed by atoms with Gasteiger partial charge in [0.15, 0.2) is 0 Å². The van der Waals surface area contributed by atoms with Crippen molar-refractivity contribution in [3.8, 4) is 0 Å². The van der Waals surface area contributed by atoms with Crippen LogP contribution in [0.5, 0.6) is 0 Å². The van der Waals surface area contributed by atoms with Crippen LogP contribution in [0.3, 0.4) is 0 Å². The molecule has 1 aliphatic rings. The van der Waals surface area contributed by atoms with Crippen molar-refractivity contribution in [3.05, 3.63) is 34.5 Å². The minimum atomic E-state index is -0.275. The third-order valence-electron chi connectivity index (χ3n) is 3.08. The first kappa shape index (κ1) is 11.6. The van der Waals surface area contributed by atoms with E-state index in [2.05, 4.69) is 0 Å². The number of benzene rings is 1. The molecule has 1 aromatic heterocycles. The van der Waals surface area contributed by atoms with Gasteiger partial charge in [0.2, 0.25) is 0 Å². The molecule has 2 aromatic rings. The maximum absolute atomic E-state index is 13.8. The van der Waals surface area contributed by atoms with E-state index in [1.807, 2.05) is 6.07 Å². The quantitative estimate of drug-likeness (QED) is 0.792. The van der Waals surface area contributed by atoms with E-state index in [4.69, 9.17) is 4.84 Å². The highest BCUT2D eigenvalue weighted by Gasteiger charge is 2.25. The Morgan fingerprint density at radius 2 is 2.33 bits per heavy atom. The highest BCUT2D eigenvalue weighted by Crippen LogP contribution is 2.33. The predicted octanol–water partition coefficient (Wildman–Crippen LogP) is 3.13. The van der Waals surface area contributed by atoms with E-state index in [1.165, 1.54) is 22.5 Å². The summed E-state index contributed by atoms with van der Waals surface area (Å²) in [5.74, 6) is -0.437. The van der Waals surface area contributed by atoms with Gasteiger partial charge in [0, 0.05) is 10.1 Å². The van der Waals surface area contributed by atoms with Gasteiger partial charge in [0.1, 0.15) is 5.82 Å². The van der Waals surface area contributed by atoms with Crippen LogP contribution < -0.4 is 0 Å². The Hall–Kier alpha value is -1.46. The van der Waals surface area contributed by atoms with Gasteiger partial charge in [-0.05, 0) is 31.0 Å². The van der Waals surface area contributed by atoms with E-state index in [0.717, 1.165) is 11.1 Å². The molecule has 1 fully saturated rings. The zero-order chi connectivity index (χ0) is 12.7. The van der Waals surface area contributed by atoms with E-state index in [1.54, 1.807) is 13.0 Å². The average molecular weight is 265 g/mol. The predicted molar refractivity (Wildman–Crippen MR) is 68.1 cm³/mol. The van der Waals surface area contributed by atoms with E-state index in [0.29, 0.717) is 29.0 Å². The van der Waals surface area contributed by atoms with E-state index < -0.39 is 0 Å². The topological polar surface area (TPSA) is 29.5 Å². The fourth-order valence-electron chi connectivity index (χ4n) is 2.18. The van der Waals surface area contributed by atoms with Gasteiger partial charge in [0.05, 0.1) is 18.0 Å². The van der Waals surface area contributed by atoms with E-state index in [-0.39, 0.29) is 11.7 Å². The van der Waals surface area contributed by atoms with Crippen molar-refractivity contribution in [2.24, 2.45) is 0 Å². The molecule has 1 amide bonds. The molecule has 0 radical (unpaired) electrons. The lowest BCUT2D eigenvalue weighted by Gasteiger charge is -2.12. The van der Waals surface area contributed by atoms with Crippen LogP contribution in [0.25, 0.3) is 10.1 Å². The van der Waals surface area contributed by atoms with Gasteiger partial charge in [-0.25, -0.2) is 9.45 Å². The minimum Gasteiger partial charge on any atom is -0.271 e. The molecule has 1 aliphatic heterocycles. The van der Waals surface area contributed by atoms with Gasteiger partial charge in [-0.3, -0.25) is 9.63 Å². The highest BCUT2D eigenvalue weighted by molar-refractivity contribution is 7.21. The van der Waals surface area contributed by atoms with Crippen molar-refractivity contribution in [2.75, 3.05) is 13.2 Å². The zero-order valence-corrected chi connectivity index (χ0v) is 10.7. The van der Waals surface area contributed by atoms with Crippen molar-refractivity contribution < 1.29 is 14.0 Å². The van der Waals surface area contributed by atoms with Crippen molar-refractivity contribution in [1.82, 2.24) is 5.06 Å². The first-order chi connectivity index (χ1) is 8.68. The lowest BCUT2D eigenvalue weighted by atomic mass is 10.1. The number of carbonyl (C=O) groups is 1. The van der Waals surface area contributed by atoms with Crippen LogP contribution in [0.2, 0.25) is 0 Å². The number of hydrogen-bond donors (Lipinski definition) is 0. The van der Waals surface area contributed by atoms with Crippen LogP contribution in [0, 0.1) is 12.7 Å². The summed E-state index contributed by atoms with van der Waals surface area (Å²) >= 11 is 1.32. The third-order valence-corrected chi connectivity index (χ3v) is 4.32. The largest absolute Gasteiger partial charge is 0.287 e. The summed E-state index contributed by atoms with van der Waals surface area (Å²) < 4.78 is 14.6. The summed E-state index contributed by atoms with van der Waals surface area (Å²) in [7, 11) is 0. The Morgan fingerprint density at radius 3 is 3.00 bits per heavy atom. The first-order valence-corrected chi connectivity index (χ1v) is 6.62. The molecule has 18 heavy (non-hydrogen) atoms. The molecule has 2 heterocycles. The number of carbonyl (C=O) groups excluding carboxylic acids is 1. The number of amides is 1. The summed E-state index contributed by atoms with van der Waals surface area (Å²) in [5, 5.41) is 1.92. The van der Waals surface area contributed by atoms with Gasteiger partial charge in [-0.15, -0.1) is 11.3 Å². The van der Waals surface area contributed by atoms with Crippen LogP contribution in [0.15, 0.2) is 18.2 Å². The fourth-order valence-corrected chi connectivity index (χ4v) is 3.34. The average Bonchev–Trinajstić information content (AvgIpc) is 2.97. The number of thiophene rings is 1. The van der Waals surface area contributed by atoms with E-state index in [9.17, 15) is 9.18 Å². The van der Waals surface area contributed by atoms with Gasteiger partial charge < -0.3 is 0 Å². The molecule has 94 valence electrons. The first-order valence-electron chi connectivity index (χ1n) is 5.81. The second-order valence-corrected chi connectivity index (χ2v) is 5.32. The molecular formula is C13H12FNO2S. The van der Waals surface area contributed by atoms with Crippen molar-refractivity contribution >= 4 is 27.3 Å². The smallest absolute Gasteiger partial charge is 0.271 e. The van der Waals surface area contributed by atoms with Gasteiger partial charge >= 0.3 is 0 Å². The molecule has 1 aromatic carbocycles. The van der Waals surface area contributed by atoms with Crippen molar-refractivity contribution in [2.45, 2.75) is 13.3 Å². The Labute approximate surface area is 108 Å². The molecule has 0 spiro atoms. The molecule has 1 saturated heterocycles. The molecule has 0 unspecified atom stereocenters. The number of aryl methyl sites for hydroxylation is 1. The molecule has 0 aliphatic carbocycles. The number of nitrogens with zero attached hydrogens (tertiary/aromatic N) is 1. The Morgan fingerprint density at radius 1 is 1.50 bits per heavy atom. The van der Waals surface area contributed by atoms with Crippen LogP contribution in [-0.2, 0) is 4.84 Å². The SMILES string of the molecule is Cc1c(C(=O)N2CCCO2)sc2cccc(F)c12. The lowest BCUT2D eigenvalue weighted by molar-refractivity contribution is -0.0765. The molecule has 3 nitrogen and oxygen atoms in total. The number of hydroxylamine groups is 2. The monoisotopic (exact) mass is 265 g/mol. The van der Waals surface area contributed by atoms with E-state index >= 15 is 0 Å². The summed E-state index contributed by atoms with van der Waals surface area (Å²) in [5.41, 5.74) is 0.702. The molecule has 0 saturated carbocycles. The lowest BCUT2D eigenvalue weighted by Crippen LogP contribution is -2.26. The number of halogens is 1. The highest BCUT2D eigenvalue weighted by atomic mass is 32.1. The maximum Gasteiger partial charge on any atom is 0.287 e. The molecular weight excluding hydrogens is 253 g/mol. The van der Waals surface area contributed by atoms with Crippen molar-refractivity contribution in [1.29, 1.82) is 0 Å². The minimum absolute atomic E-state index is 0.161. The maximum atomic E-state index is 13.8. The number of rotatable bonds is 1. The molecule has 0 N–H and O–H groups in total. The molecule has 3 rings (SSSR count). The second-order valence-electron chi connectivity index (χ2n) is 4.26. The van der Waals surface area contributed by atoms with Crippen LogP contribution in [0.4, 0.5) is 4.39 Å². The second kappa shape index (κ2) is 4.33. The van der Waals surface area contributed by atoms with Gasteiger partial charge in [-0.2, -0.15) is 0 Å².